The molecule has 440 valence electrons. The van der Waals surface area contributed by atoms with E-state index in [2.05, 4.69) is 0 Å². The van der Waals surface area contributed by atoms with Crippen molar-refractivity contribution in [3.8, 4) is 0 Å². The van der Waals surface area contributed by atoms with Gasteiger partial charge in [0.1, 0.15) is 128 Å². The van der Waals surface area contributed by atoms with Gasteiger partial charge in [0.15, 0.2) is 43.8 Å². The van der Waals surface area contributed by atoms with Gasteiger partial charge in [-0.25, -0.2) is 4.79 Å². The normalized spacial score (nSPS) is 44.5. The van der Waals surface area contributed by atoms with Crippen LogP contribution in [0.15, 0.2) is 0 Å². The van der Waals surface area contributed by atoms with Crippen molar-refractivity contribution in [1.29, 1.82) is 0 Å². The fraction of sp³-hybridized carbons (Fsp3) is 0.976. The zero-order chi connectivity index (χ0) is 55.6. The molecule has 5 aliphatic rings. The van der Waals surface area contributed by atoms with Crippen LogP contribution in [0.25, 0.3) is 0 Å². The Morgan fingerprint density at radius 3 is 1.31 bits per heavy atom. The van der Waals surface area contributed by atoms with Gasteiger partial charge in [0.05, 0.1) is 45.7 Å². The minimum atomic E-state index is -2.31. The average molecular weight is 1110 g/mol. The summed E-state index contributed by atoms with van der Waals surface area (Å²) in [5, 5.41) is 200. The summed E-state index contributed by atoms with van der Waals surface area (Å²) < 4.78 is 66.7. The van der Waals surface area contributed by atoms with Crippen molar-refractivity contribution in [3.05, 3.63) is 0 Å². The number of hydrogen-bond donors (Lipinski definition) is 20. The highest BCUT2D eigenvalue weighted by atomic mass is 16.8. The summed E-state index contributed by atoms with van der Waals surface area (Å²) in [6.07, 6.45) is -53.1. The molecule has 5 fully saturated rings. The molecule has 0 bridgehead atoms. The molecule has 0 radical (unpaired) electrons. The molecular weight excluding hydrogens is 1030 g/mol. The van der Waals surface area contributed by atoms with E-state index < -0.39 is 224 Å². The number of carboxylic acids is 1. The molecule has 0 saturated carbocycles. The molecule has 5 rings (SSSR count). The van der Waals surface area contributed by atoms with Crippen molar-refractivity contribution >= 4 is 5.97 Å². The molecule has 21 N–H and O–H groups in total. The van der Waals surface area contributed by atoms with Crippen LogP contribution in [0.2, 0.25) is 0 Å². The third-order valence-electron chi connectivity index (χ3n) is 13.2. The zero-order valence-corrected chi connectivity index (χ0v) is 40.4. The first-order valence-corrected chi connectivity index (χ1v) is 24.2. The molecule has 0 amide bonds. The predicted octanol–water partition coefficient (Wildman–Crippen LogP) is -12.2. The number of aliphatic carboxylic acids is 1. The first-order chi connectivity index (χ1) is 35.6. The fourth-order valence-electron chi connectivity index (χ4n) is 8.88. The van der Waals surface area contributed by atoms with E-state index in [1.165, 1.54) is 0 Å². The number of nitrogens with two attached hydrogens (primary N) is 1. The highest BCUT2D eigenvalue weighted by molar-refractivity contribution is 5.73. The topological polar surface area (TPSA) is 538 Å². The largest absolute Gasteiger partial charge is 0.479 e. The van der Waals surface area contributed by atoms with Gasteiger partial charge in [0, 0.05) is 6.61 Å². The molecule has 5 saturated heterocycles. The number of ether oxygens (including phenoxy) is 12. The van der Waals surface area contributed by atoms with Crippen LogP contribution in [0.3, 0.4) is 0 Å². The second kappa shape index (κ2) is 29.6. The molecule has 5 aliphatic heterocycles. The molecule has 27 unspecified atom stereocenters. The first kappa shape index (κ1) is 64.1. The Kier molecular flexibility index (Phi) is 25.3. The molecule has 0 aromatic heterocycles. The third-order valence-corrected chi connectivity index (χ3v) is 13.2. The number of hydrogen-bond acceptors (Lipinski definition) is 32. The lowest BCUT2D eigenvalue weighted by Crippen LogP contribution is -2.67. The minimum Gasteiger partial charge on any atom is -0.479 e. The van der Waals surface area contributed by atoms with Gasteiger partial charge in [-0.1, -0.05) is 0 Å². The van der Waals surface area contributed by atoms with Crippen molar-refractivity contribution in [2.45, 2.75) is 204 Å². The van der Waals surface area contributed by atoms with Crippen molar-refractivity contribution in [1.82, 2.24) is 0 Å². The maximum absolute atomic E-state index is 12.6. The maximum Gasteiger partial charge on any atom is 0.335 e. The highest BCUT2D eigenvalue weighted by Gasteiger charge is 2.56. The molecule has 33 nitrogen and oxygen atoms in total. The molecule has 0 aromatic rings. The molecule has 0 spiro atoms. The van der Waals surface area contributed by atoms with Crippen LogP contribution < -0.4 is 5.73 Å². The van der Waals surface area contributed by atoms with Crippen LogP contribution in [-0.2, 0) is 61.6 Å². The molecule has 29 atom stereocenters. The van der Waals surface area contributed by atoms with Crippen LogP contribution in [-0.4, -0.2) is 334 Å². The summed E-state index contributed by atoms with van der Waals surface area (Å²) in [6.45, 7) is -4.34. The molecule has 0 aliphatic carbocycles. The van der Waals surface area contributed by atoms with Gasteiger partial charge in [-0.05, 0) is 32.7 Å². The van der Waals surface area contributed by atoms with Gasteiger partial charge in [0.25, 0.3) is 0 Å². The van der Waals surface area contributed by atoms with Crippen molar-refractivity contribution in [2.24, 2.45) is 5.73 Å². The lowest BCUT2D eigenvalue weighted by atomic mass is 9.96. The summed E-state index contributed by atoms with van der Waals surface area (Å²) in [7, 11) is 0. The monoisotopic (exact) mass is 1110 g/mol. The molecule has 5 heterocycles. The highest BCUT2D eigenvalue weighted by Crippen LogP contribution is 2.35. The van der Waals surface area contributed by atoms with E-state index in [9.17, 15) is 102 Å². The Labute approximate surface area is 427 Å². The summed E-state index contributed by atoms with van der Waals surface area (Å²) in [5.74, 6) is -1.86. The standard InChI is InChI=1S/C42H75NO32/c1-13(65-39-28(59)23(54)34(18(11-48)68-39)73-40-26(57)21(52)20(51)15(8-45)66-40)31(36(62)63)71-37(14(50)7-44)72-32-17(10-47)69-41(29(60)24(32)55)75-35-19(12-49)70-42(30(61)25(35)56)74-33-16(9-46)67-38(27(58)22(33)53)64-6-4-2-3-5-43/h13-35,37-42,44-61H,2-12,43H2,1H3,(H,62,63)/t13-,14-,15?,16?,17?,18?,19?,20?,21?,22?,23?,24?,25?,26?,27?,28?,29?,30?,31?,32?,33?,34?,35?,37?,38?,39?,40?,41?,42?/m0/s1. The van der Waals surface area contributed by atoms with E-state index >= 15 is 0 Å². The van der Waals surface area contributed by atoms with E-state index in [0.29, 0.717) is 25.8 Å². The first-order valence-electron chi connectivity index (χ1n) is 24.2. The van der Waals surface area contributed by atoms with Crippen LogP contribution in [0, 0.1) is 0 Å². The zero-order valence-electron chi connectivity index (χ0n) is 40.4. The lowest BCUT2D eigenvalue weighted by Gasteiger charge is -2.48. The summed E-state index contributed by atoms with van der Waals surface area (Å²) in [5.41, 5.74) is 5.49. The molecule has 75 heavy (non-hydrogen) atoms. The van der Waals surface area contributed by atoms with Crippen molar-refractivity contribution < 1.29 is 159 Å². The third kappa shape index (κ3) is 15.2. The van der Waals surface area contributed by atoms with Gasteiger partial charge in [-0.3, -0.25) is 0 Å². The summed E-state index contributed by atoms with van der Waals surface area (Å²) in [6, 6.07) is 0. The summed E-state index contributed by atoms with van der Waals surface area (Å²) >= 11 is 0. The molecule has 33 heteroatoms. The van der Waals surface area contributed by atoms with Gasteiger partial charge in [-0.15, -0.1) is 0 Å². The Morgan fingerprint density at radius 1 is 0.480 bits per heavy atom. The lowest BCUT2D eigenvalue weighted by molar-refractivity contribution is -0.385. The fourth-order valence-corrected chi connectivity index (χ4v) is 8.88. The second-order valence-electron chi connectivity index (χ2n) is 18.5. The van der Waals surface area contributed by atoms with Gasteiger partial charge >= 0.3 is 5.97 Å². The number of aliphatic hydroxyl groups is 18. The predicted molar refractivity (Wildman–Crippen MR) is 233 cm³/mol. The van der Waals surface area contributed by atoms with E-state index in [-0.39, 0.29) is 6.61 Å². The van der Waals surface area contributed by atoms with E-state index in [4.69, 9.17) is 62.6 Å². The average Bonchev–Trinajstić information content (AvgIpc) is 3.39. The van der Waals surface area contributed by atoms with Crippen LogP contribution in [0.4, 0.5) is 0 Å². The minimum absolute atomic E-state index is 0.110. The van der Waals surface area contributed by atoms with Crippen LogP contribution in [0.5, 0.6) is 0 Å². The Bertz CT molecular complexity index is 1660. The van der Waals surface area contributed by atoms with Gasteiger partial charge in [-0.2, -0.15) is 0 Å². The number of aliphatic hydroxyl groups excluding tert-OH is 18. The molecule has 0 aromatic carbocycles. The maximum atomic E-state index is 12.6. The quantitative estimate of drug-likeness (QED) is 0.0268. The Hall–Kier alpha value is -1.77. The molecular formula is C42H75NO32. The van der Waals surface area contributed by atoms with Crippen molar-refractivity contribution in [3.63, 3.8) is 0 Å². The van der Waals surface area contributed by atoms with E-state index in [1.807, 2.05) is 0 Å². The summed E-state index contributed by atoms with van der Waals surface area (Å²) in [4.78, 5) is 12.6. The number of unbranched alkanes of at least 4 members (excludes halogenated alkanes) is 2. The van der Waals surface area contributed by atoms with Crippen LogP contribution >= 0.6 is 0 Å². The number of rotatable bonds is 27. The smallest absolute Gasteiger partial charge is 0.335 e. The number of carbonyl (C=O) groups is 1. The Morgan fingerprint density at radius 2 is 0.867 bits per heavy atom. The van der Waals surface area contributed by atoms with Gasteiger partial charge < -0.3 is 160 Å². The second-order valence-corrected chi connectivity index (χ2v) is 18.5. The van der Waals surface area contributed by atoms with Crippen LogP contribution in [0.1, 0.15) is 26.2 Å². The van der Waals surface area contributed by atoms with Crippen molar-refractivity contribution in [2.75, 3.05) is 52.8 Å². The van der Waals surface area contributed by atoms with E-state index in [0.717, 1.165) is 6.92 Å². The van der Waals surface area contributed by atoms with E-state index in [1.54, 1.807) is 0 Å². The SMILES string of the molecule is C[C@H](OC1OC(CO)C(OC2OC(CO)C(O)C(O)C2O)C(O)C1O)C(OC(OC1C(CO)OC(OC2C(CO)OC(OC3C(CO)OC(OCCCCCN)C(O)C3O)C(O)C2O)C(O)C1O)[C@@H](O)CO)C(=O)O. The Balaban J connectivity index is 1.22. The number of carboxylic acid groups (broad SMARTS) is 1. The van der Waals surface area contributed by atoms with Gasteiger partial charge in [0.2, 0.25) is 0 Å².